The molecule has 0 saturated carbocycles. The predicted molar refractivity (Wildman–Crippen MR) is 141 cm³/mol. The van der Waals surface area contributed by atoms with E-state index < -0.39 is 0 Å². The van der Waals surface area contributed by atoms with Gasteiger partial charge in [-0.15, -0.1) is 11.3 Å². The minimum Gasteiger partial charge on any atom is -0.378 e. The van der Waals surface area contributed by atoms with Crippen molar-refractivity contribution in [2.24, 2.45) is 11.7 Å². The van der Waals surface area contributed by atoms with Gasteiger partial charge in [-0.1, -0.05) is 42.5 Å². The minimum absolute atomic E-state index is 0.0749. The lowest BCUT2D eigenvalue weighted by Gasteiger charge is -2.33. The molecule has 182 valence electrons. The summed E-state index contributed by atoms with van der Waals surface area (Å²) in [4.78, 5) is 30.2. The minimum atomic E-state index is -0.228. The Hall–Kier alpha value is -3.36. The quantitative estimate of drug-likeness (QED) is 0.541. The number of carbonyl (C=O) groups is 2. The second-order valence-corrected chi connectivity index (χ2v) is 9.96. The average Bonchev–Trinajstić information content (AvgIpc) is 3.36. The Morgan fingerprint density at radius 2 is 1.60 bits per heavy atom. The molecule has 5 rings (SSSR count). The first-order valence-electron chi connectivity index (χ1n) is 12.1. The van der Waals surface area contributed by atoms with Gasteiger partial charge < -0.3 is 25.6 Å². The van der Waals surface area contributed by atoms with Crippen molar-refractivity contribution in [3.8, 4) is 11.1 Å². The van der Waals surface area contributed by atoms with Gasteiger partial charge >= 0.3 is 0 Å². The Kier molecular flexibility index (Phi) is 7.01. The highest BCUT2D eigenvalue weighted by Crippen LogP contribution is 2.40. The number of carbonyl (C=O) groups excluding carboxylic acids is 2. The molecule has 0 radical (unpaired) electrons. The van der Waals surface area contributed by atoms with E-state index in [1.807, 2.05) is 48.5 Å². The Balaban J connectivity index is 1.39. The van der Waals surface area contributed by atoms with E-state index >= 15 is 0 Å². The van der Waals surface area contributed by atoms with Crippen LogP contribution in [0.4, 0.5) is 16.4 Å². The average molecular weight is 491 g/mol. The normalized spacial score (nSPS) is 16.8. The number of anilines is 3. The van der Waals surface area contributed by atoms with E-state index in [4.69, 9.17) is 10.5 Å². The molecule has 2 amide bonds. The number of morpholine rings is 1. The zero-order valence-corrected chi connectivity index (χ0v) is 20.4. The maximum absolute atomic E-state index is 13.4. The monoisotopic (exact) mass is 490 g/mol. The van der Waals surface area contributed by atoms with Crippen molar-refractivity contribution in [1.29, 1.82) is 0 Å². The molecule has 3 N–H and O–H groups in total. The number of para-hydroxylation sites is 2. The topological polar surface area (TPSA) is 87.9 Å². The van der Waals surface area contributed by atoms with Gasteiger partial charge in [-0.3, -0.25) is 9.59 Å². The van der Waals surface area contributed by atoms with Gasteiger partial charge in [0.15, 0.2) is 0 Å². The van der Waals surface area contributed by atoms with Crippen molar-refractivity contribution in [1.82, 2.24) is 0 Å². The van der Waals surface area contributed by atoms with Crippen LogP contribution in [0.15, 0.2) is 60.7 Å². The standard InChI is InChI=1S/C27H30N4O3S/c28-25(32)20-10-12-30(13-11-20)23-9-5-4-8-22(23)29-26(33)24-18-21(19-6-2-1-3-7-19)27(35-24)31-14-16-34-17-15-31/h1-9,18,20H,10-17H2,(H2,28,32)(H,29,33). The van der Waals surface area contributed by atoms with E-state index in [9.17, 15) is 9.59 Å². The highest BCUT2D eigenvalue weighted by Gasteiger charge is 2.26. The number of hydrogen-bond acceptors (Lipinski definition) is 6. The van der Waals surface area contributed by atoms with Crippen LogP contribution in [0.3, 0.4) is 0 Å². The Labute approximate surface area is 209 Å². The number of hydrogen-bond donors (Lipinski definition) is 2. The number of rotatable bonds is 6. The number of piperidine rings is 1. The molecule has 0 bridgehead atoms. The number of primary amides is 1. The largest absolute Gasteiger partial charge is 0.378 e. The smallest absolute Gasteiger partial charge is 0.265 e. The molecule has 0 atom stereocenters. The van der Waals surface area contributed by atoms with Gasteiger partial charge in [-0.25, -0.2) is 0 Å². The lowest BCUT2D eigenvalue weighted by atomic mass is 9.96. The SMILES string of the molecule is NC(=O)C1CCN(c2ccccc2NC(=O)c2cc(-c3ccccc3)c(N3CCOCC3)s2)CC1. The molecule has 2 aliphatic heterocycles. The molecule has 2 fully saturated rings. The Morgan fingerprint density at radius 3 is 2.31 bits per heavy atom. The zero-order chi connectivity index (χ0) is 24.2. The van der Waals surface area contributed by atoms with Crippen LogP contribution in [-0.4, -0.2) is 51.2 Å². The molecule has 0 unspecified atom stereocenters. The van der Waals surface area contributed by atoms with Crippen LogP contribution >= 0.6 is 11.3 Å². The summed E-state index contributed by atoms with van der Waals surface area (Å²) in [5, 5.41) is 4.25. The maximum atomic E-state index is 13.4. The van der Waals surface area contributed by atoms with Gasteiger partial charge in [0.25, 0.3) is 5.91 Å². The van der Waals surface area contributed by atoms with E-state index in [2.05, 4.69) is 27.2 Å². The van der Waals surface area contributed by atoms with Gasteiger partial charge in [-0.2, -0.15) is 0 Å². The number of thiophene rings is 1. The molecular formula is C27H30N4O3S. The van der Waals surface area contributed by atoms with Crippen LogP contribution < -0.4 is 20.9 Å². The first kappa shape index (κ1) is 23.4. The van der Waals surface area contributed by atoms with E-state index in [1.165, 1.54) is 11.3 Å². The molecule has 2 aromatic carbocycles. The van der Waals surface area contributed by atoms with Crippen molar-refractivity contribution in [2.45, 2.75) is 12.8 Å². The molecule has 0 aliphatic carbocycles. The number of nitrogens with zero attached hydrogens (tertiary/aromatic N) is 2. The van der Waals surface area contributed by atoms with Gasteiger partial charge in [0.2, 0.25) is 5.91 Å². The van der Waals surface area contributed by atoms with Crippen LogP contribution in [-0.2, 0) is 9.53 Å². The van der Waals surface area contributed by atoms with Crippen molar-refractivity contribution < 1.29 is 14.3 Å². The fourth-order valence-electron chi connectivity index (χ4n) is 4.76. The van der Waals surface area contributed by atoms with Crippen LogP contribution in [0.1, 0.15) is 22.5 Å². The molecule has 35 heavy (non-hydrogen) atoms. The number of benzene rings is 2. The van der Waals surface area contributed by atoms with E-state index in [-0.39, 0.29) is 17.7 Å². The van der Waals surface area contributed by atoms with E-state index in [1.54, 1.807) is 0 Å². The van der Waals surface area contributed by atoms with Crippen molar-refractivity contribution in [2.75, 3.05) is 54.5 Å². The number of amides is 2. The Bertz CT molecular complexity index is 1180. The molecule has 8 heteroatoms. The van der Waals surface area contributed by atoms with E-state index in [0.29, 0.717) is 18.1 Å². The second kappa shape index (κ2) is 10.5. The molecule has 1 aromatic heterocycles. The number of ether oxygens (including phenoxy) is 1. The lowest BCUT2D eigenvalue weighted by molar-refractivity contribution is -0.122. The van der Waals surface area contributed by atoms with Crippen LogP contribution in [0.25, 0.3) is 11.1 Å². The van der Waals surface area contributed by atoms with Gasteiger partial charge in [-0.05, 0) is 36.6 Å². The lowest BCUT2D eigenvalue weighted by Crippen LogP contribution is -2.38. The third kappa shape index (κ3) is 5.18. The third-order valence-electron chi connectivity index (χ3n) is 6.71. The summed E-state index contributed by atoms with van der Waals surface area (Å²) in [6, 6.07) is 20.1. The van der Waals surface area contributed by atoms with Crippen molar-refractivity contribution >= 4 is 39.5 Å². The summed E-state index contributed by atoms with van der Waals surface area (Å²) < 4.78 is 5.54. The summed E-state index contributed by atoms with van der Waals surface area (Å²) in [6.45, 7) is 4.47. The first-order chi connectivity index (χ1) is 17.1. The number of nitrogens with one attached hydrogen (secondary N) is 1. The molecule has 0 spiro atoms. The Morgan fingerprint density at radius 1 is 0.914 bits per heavy atom. The van der Waals surface area contributed by atoms with Gasteiger partial charge in [0.05, 0.1) is 34.5 Å². The molecule has 3 heterocycles. The van der Waals surface area contributed by atoms with Gasteiger partial charge in [0.1, 0.15) is 0 Å². The van der Waals surface area contributed by atoms with Crippen molar-refractivity contribution in [3.63, 3.8) is 0 Å². The molecule has 7 nitrogen and oxygen atoms in total. The highest BCUT2D eigenvalue weighted by atomic mass is 32.1. The third-order valence-corrected chi connectivity index (χ3v) is 7.90. The fraction of sp³-hybridized carbons (Fsp3) is 0.333. The van der Waals surface area contributed by atoms with Gasteiger partial charge in [0, 0.05) is 37.7 Å². The fourth-order valence-corrected chi connectivity index (χ4v) is 5.89. The molecule has 2 aliphatic rings. The van der Waals surface area contributed by atoms with E-state index in [0.717, 1.165) is 66.5 Å². The molecule has 2 saturated heterocycles. The first-order valence-corrected chi connectivity index (χ1v) is 12.9. The highest BCUT2D eigenvalue weighted by molar-refractivity contribution is 7.18. The summed E-state index contributed by atoms with van der Waals surface area (Å²) >= 11 is 1.53. The summed E-state index contributed by atoms with van der Waals surface area (Å²) in [5.41, 5.74) is 9.42. The summed E-state index contributed by atoms with van der Waals surface area (Å²) in [7, 11) is 0. The predicted octanol–water partition coefficient (Wildman–Crippen LogP) is 4.21. The van der Waals surface area contributed by atoms with Crippen LogP contribution in [0.5, 0.6) is 0 Å². The zero-order valence-electron chi connectivity index (χ0n) is 19.6. The molecule has 3 aromatic rings. The summed E-state index contributed by atoms with van der Waals surface area (Å²) in [6.07, 6.45) is 1.46. The van der Waals surface area contributed by atoms with Crippen molar-refractivity contribution in [3.05, 3.63) is 65.5 Å². The number of nitrogens with two attached hydrogens (primary N) is 1. The maximum Gasteiger partial charge on any atom is 0.265 e. The van der Waals surface area contributed by atoms with Crippen LogP contribution in [0, 0.1) is 5.92 Å². The molecular weight excluding hydrogens is 460 g/mol. The summed E-state index contributed by atoms with van der Waals surface area (Å²) in [5.74, 6) is -0.422. The second-order valence-electron chi connectivity index (χ2n) is 8.93. The van der Waals surface area contributed by atoms with Crippen LogP contribution in [0.2, 0.25) is 0 Å².